The largest absolute Gasteiger partial charge is 0.310 e. The molecule has 5 nitrogen and oxygen atoms in total. The summed E-state index contributed by atoms with van der Waals surface area (Å²) in [6.07, 6.45) is 0.968. The van der Waals surface area contributed by atoms with Crippen LogP contribution in [0.3, 0.4) is 0 Å². The highest BCUT2D eigenvalue weighted by Crippen LogP contribution is 2.15. The van der Waals surface area contributed by atoms with Crippen LogP contribution >= 0.6 is 0 Å². The molecule has 0 atom stereocenters. The van der Waals surface area contributed by atoms with Crippen molar-refractivity contribution in [2.45, 2.75) is 19.9 Å². The van der Waals surface area contributed by atoms with Crippen LogP contribution in [0.2, 0.25) is 0 Å². The maximum Gasteiger partial charge on any atom is 0.184 e. The molecule has 1 N–H and O–H groups in total. The molecule has 0 amide bonds. The SMILES string of the molecule is CCCNCc1nnnn1-c1cccc(F)c1F. The Morgan fingerprint density at radius 2 is 2.17 bits per heavy atom. The van der Waals surface area contributed by atoms with Crippen molar-refractivity contribution < 1.29 is 8.78 Å². The number of tetrazole rings is 1. The van der Waals surface area contributed by atoms with Crippen LogP contribution in [0.25, 0.3) is 5.69 Å². The molecule has 0 unspecified atom stereocenters. The zero-order valence-electron chi connectivity index (χ0n) is 9.90. The van der Waals surface area contributed by atoms with Crippen molar-refractivity contribution in [1.82, 2.24) is 25.5 Å². The molecule has 2 rings (SSSR count). The Bertz CT molecular complexity index is 526. The number of aromatic nitrogens is 4. The molecule has 0 radical (unpaired) electrons. The number of nitrogens with one attached hydrogen (secondary N) is 1. The van der Waals surface area contributed by atoms with Crippen molar-refractivity contribution in [2.75, 3.05) is 6.54 Å². The van der Waals surface area contributed by atoms with Gasteiger partial charge in [0.2, 0.25) is 0 Å². The van der Waals surface area contributed by atoms with E-state index < -0.39 is 11.6 Å². The number of nitrogens with zero attached hydrogens (tertiary/aromatic N) is 4. The van der Waals surface area contributed by atoms with Gasteiger partial charge in [-0.1, -0.05) is 13.0 Å². The van der Waals surface area contributed by atoms with E-state index in [9.17, 15) is 8.78 Å². The van der Waals surface area contributed by atoms with E-state index in [1.165, 1.54) is 16.8 Å². The molecule has 18 heavy (non-hydrogen) atoms. The van der Waals surface area contributed by atoms with Gasteiger partial charge >= 0.3 is 0 Å². The highest BCUT2D eigenvalue weighted by molar-refractivity contribution is 5.33. The standard InChI is InChI=1S/C11H13F2N5/c1-2-6-14-7-10-15-16-17-18(10)9-5-3-4-8(12)11(9)13/h3-5,14H,2,6-7H2,1H3. The molecule has 0 saturated heterocycles. The number of hydrogen-bond donors (Lipinski definition) is 1. The van der Waals surface area contributed by atoms with Crippen LogP contribution in [0.5, 0.6) is 0 Å². The first-order chi connectivity index (χ1) is 8.74. The summed E-state index contributed by atoms with van der Waals surface area (Å²) in [5.41, 5.74) is 0.00768. The van der Waals surface area contributed by atoms with Crippen molar-refractivity contribution in [3.8, 4) is 5.69 Å². The number of rotatable bonds is 5. The lowest BCUT2D eigenvalue weighted by atomic mass is 10.3. The molecule has 0 aliphatic rings. The Morgan fingerprint density at radius 3 is 2.94 bits per heavy atom. The van der Waals surface area contributed by atoms with E-state index in [1.807, 2.05) is 6.92 Å². The Kier molecular flexibility index (Phi) is 3.93. The van der Waals surface area contributed by atoms with Crippen LogP contribution in [0, 0.1) is 11.6 Å². The smallest absolute Gasteiger partial charge is 0.184 e. The van der Waals surface area contributed by atoms with E-state index in [4.69, 9.17) is 0 Å². The summed E-state index contributed by atoms with van der Waals surface area (Å²) in [5.74, 6) is -1.44. The Balaban J connectivity index is 2.28. The third-order valence-electron chi connectivity index (χ3n) is 2.40. The molecule has 0 aliphatic heterocycles. The fourth-order valence-corrected chi connectivity index (χ4v) is 1.54. The number of hydrogen-bond acceptors (Lipinski definition) is 4. The molecular weight excluding hydrogens is 240 g/mol. The first kappa shape index (κ1) is 12.6. The lowest BCUT2D eigenvalue weighted by Gasteiger charge is -2.06. The van der Waals surface area contributed by atoms with E-state index in [0.29, 0.717) is 12.4 Å². The summed E-state index contributed by atoms with van der Waals surface area (Å²) in [4.78, 5) is 0. The quantitative estimate of drug-likeness (QED) is 0.819. The first-order valence-electron chi connectivity index (χ1n) is 5.66. The molecule has 2 aromatic rings. The van der Waals surface area contributed by atoms with Gasteiger partial charge in [-0.25, -0.2) is 8.78 Å². The first-order valence-corrected chi connectivity index (χ1v) is 5.66. The minimum Gasteiger partial charge on any atom is -0.310 e. The molecule has 96 valence electrons. The Morgan fingerprint density at radius 1 is 1.33 bits per heavy atom. The van der Waals surface area contributed by atoms with Crippen molar-refractivity contribution in [1.29, 1.82) is 0 Å². The fourth-order valence-electron chi connectivity index (χ4n) is 1.54. The zero-order valence-corrected chi connectivity index (χ0v) is 9.90. The summed E-state index contributed by atoms with van der Waals surface area (Å²) >= 11 is 0. The average Bonchev–Trinajstić information content (AvgIpc) is 2.81. The van der Waals surface area contributed by atoms with Gasteiger partial charge in [0, 0.05) is 0 Å². The topological polar surface area (TPSA) is 55.6 Å². The fraction of sp³-hybridized carbons (Fsp3) is 0.364. The number of halogens is 2. The number of benzene rings is 1. The molecular formula is C11H13F2N5. The molecule has 0 fully saturated rings. The van der Waals surface area contributed by atoms with Crippen LogP contribution < -0.4 is 5.32 Å². The second-order valence-electron chi connectivity index (χ2n) is 3.76. The second kappa shape index (κ2) is 5.63. The van der Waals surface area contributed by atoms with Crippen LogP contribution in [-0.4, -0.2) is 26.8 Å². The molecule has 0 bridgehead atoms. The van der Waals surface area contributed by atoms with Crippen LogP contribution in [0.15, 0.2) is 18.2 Å². The van der Waals surface area contributed by atoms with Crippen molar-refractivity contribution >= 4 is 0 Å². The van der Waals surface area contributed by atoms with Gasteiger partial charge in [-0.3, -0.25) is 0 Å². The predicted molar refractivity (Wildman–Crippen MR) is 61.1 cm³/mol. The van der Waals surface area contributed by atoms with Gasteiger partial charge in [0.1, 0.15) is 5.69 Å². The molecule has 0 spiro atoms. The third kappa shape index (κ3) is 2.51. The average molecular weight is 253 g/mol. The summed E-state index contributed by atoms with van der Waals surface area (Å²) in [5, 5.41) is 14.0. The van der Waals surface area contributed by atoms with Crippen LogP contribution in [0.4, 0.5) is 8.78 Å². The highest BCUT2D eigenvalue weighted by Gasteiger charge is 2.14. The minimum absolute atomic E-state index is 0.00768. The maximum absolute atomic E-state index is 13.6. The van der Waals surface area contributed by atoms with Gasteiger partial charge in [-0.15, -0.1) is 5.10 Å². The molecule has 0 aliphatic carbocycles. The molecule has 1 aromatic heterocycles. The summed E-state index contributed by atoms with van der Waals surface area (Å²) in [6.45, 7) is 3.23. The lowest BCUT2D eigenvalue weighted by Crippen LogP contribution is -2.18. The van der Waals surface area contributed by atoms with Gasteiger partial charge in [-0.2, -0.15) is 4.68 Å². The highest BCUT2D eigenvalue weighted by atomic mass is 19.2. The second-order valence-corrected chi connectivity index (χ2v) is 3.76. The van der Waals surface area contributed by atoms with E-state index in [1.54, 1.807) is 0 Å². The Labute approximate surface area is 103 Å². The van der Waals surface area contributed by atoms with Gasteiger partial charge in [-0.05, 0) is 35.5 Å². The van der Waals surface area contributed by atoms with E-state index in [-0.39, 0.29) is 5.69 Å². The predicted octanol–water partition coefficient (Wildman–Crippen LogP) is 1.44. The van der Waals surface area contributed by atoms with Crippen LogP contribution in [0.1, 0.15) is 19.2 Å². The lowest BCUT2D eigenvalue weighted by molar-refractivity contribution is 0.498. The summed E-state index contributed by atoms with van der Waals surface area (Å²) in [6, 6.07) is 3.90. The van der Waals surface area contributed by atoms with Crippen molar-refractivity contribution in [3.63, 3.8) is 0 Å². The maximum atomic E-state index is 13.6. The monoisotopic (exact) mass is 253 g/mol. The van der Waals surface area contributed by atoms with Gasteiger partial charge in [0.25, 0.3) is 0 Å². The van der Waals surface area contributed by atoms with E-state index in [2.05, 4.69) is 20.8 Å². The minimum atomic E-state index is -0.957. The third-order valence-corrected chi connectivity index (χ3v) is 2.40. The van der Waals surface area contributed by atoms with Crippen LogP contribution in [-0.2, 0) is 6.54 Å². The molecule has 7 heteroatoms. The van der Waals surface area contributed by atoms with Gasteiger partial charge < -0.3 is 5.32 Å². The summed E-state index contributed by atoms with van der Waals surface area (Å²) < 4.78 is 28.0. The van der Waals surface area contributed by atoms with Crippen molar-refractivity contribution in [2.24, 2.45) is 0 Å². The van der Waals surface area contributed by atoms with Crippen molar-refractivity contribution in [3.05, 3.63) is 35.7 Å². The van der Waals surface area contributed by atoms with E-state index in [0.717, 1.165) is 19.0 Å². The molecule has 0 saturated carbocycles. The Hall–Kier alpha value is -1.89. The molecule has 1 aromatic carbocycles. The van der Waals surface area contributed by atoms with Gasteiger partial charge in [0.05, 0.1) is 6.54 Å². The zero-order chi connectivity index (χ0) is 13.0. The molecule has 1 heterocycles. The normalized spacial score (nSPS) is 10.8. The van der Waals surface area contributed by atoms with Gasteiger partial charge in [0.15, 0.2) is 17.5 Å². The van der Waals surface area contributed by atoms with E-state index >= 15 is 0 Å². The summed E-state index contributed by atoms with van der Waals surface area (Å²) in [7, 11) is 0.